The predicted octanol–water partition coefficient (Wildman–Crippen LogP) is 2.62. The standard InChI is InChI=1S/C11H13NO2/c1-3-5-9-6-4-7-10(14-2)11(9)12-8-13/h4,6-7H,3,5H2,1-2H3. The van der Waals surface area contributed by atoms with E-state index in [2.05, 4.69) is 11.9 Å². The van der Waals surface area contributed by atoms with E-state index in [0.717, 1.165) is 18.4 Å². The maximum Gasteiger partial charge on any atom is 0.240 e. The predicted molar refractivity (Wildman–Crippen MR) is 54.8 cm³/mol. The van der Waals surface area contributed by atoms with Gasteiger partial charge in [-0.2, -0.15) is 4.99 Å². The zero-order valence-electron chi connectivity index (χ0n) is 8.41. The highest BCUT2D eigenvalue weighted by atomic mass is 16.5. The molecule has 74 valence electrons. The van der Waals surface area contributed by atoms with E-state index in [0.29, 0.717) is 11.4 Å². The van der Waals surface area contributed by atoms with E-state index in [9.17, 15) is 4.79 Å². The number of nitrogens with zero attached hydrogens (tertiary/aromatic N) is 1. The number of carbonyl (C=O) groups excluding carboxylic acids is 1. The first-order chi connectivity index (χ1) is 6.83. The van der Waals surface area contributed by atoms with Crippen LogP contribution in [0, 0.1) is 0 Å². The number of hydrogen-bond acceptors (Lipinski definition) is 3. The molecule has 0 aliphatic rings. The number of ether oxygens (including phenoxy) is 1. The summed E-state index contributed by atoms with van der Waals surface area (Å²) < 4.78 is 5.11. The van der Waals surface area contributed by atoms with Crippen LogP contribution in [-0.4, -0.2) is 13.2 Å². The lowest BCUT2D eigenvalue weighted by Gasteiger charge is -2.07. The number of methoxy groups -OCH3 is 1. The third-order valence-corrected chi connectivity index (χ3v) is 1.98. The second kappa shape index (κ2) is 5.20. The third kappa shape index (κ3) is 2.21. The minimum absolute atomic E-state index is 0.604. The molecule has 0 saturated carbocycles. The van der Waals surface area contributed by atoms with Gasteiger partial charge in [-0.25, -0.2) is 4.79 Å². The fourth-order valence-corrected chi connectivity index (χ4v) is 1.38. The molecular weight excluding hydrogens is 178 g/mol. The Morgan fingerprint density at radius 2 is 2.29 bits per heavy atom. The van der Waals surface area contributed by atoms with Crippen molar-refractivity contribution < 1.29 is 9.53 Å². The molecule has 0 spiro atoms. The van der Waals surface area contributed by atoms with Gasteiger partial charge >= 0.3 is 0 Å². The third-order valence-electron chi connectivity index (χ3n) is 1.98. The summed E-state index contributed by atoms with van der Waals surface area (Å²) >= 11 is 0. The Morgan fingerprint density at radius 1 is 1.50 bits per heavy atom. The largest absolute Gasteiger partial charge is 0.494 e. The van der Waals surface area contributed by atoms with Crippen molar-refractivity contribution in [3.63, 3.8) is 0 Å². The van der Waals surface area contributed by atoms with Crippen molar-refractivity contribution in [3.05, 3.63) is 23.8 Å². The molecule has 3 nitrogen and oxygen atoms in total. The molecule has 0 heterocycles. The summed E-state index contributed by atoms with van der Waals surface area (Å²) in [7, 11) is 1.56. The number of benzene rings is 1. The monoisotopic (exact) mass is 191 g/mol. The van der Waals surface area contributed by atoms with Crippen LogP contribution in [0.25, 0.3) is 0 Å². The molecule has 0 atom stereocenters. The van der Waals surface area contributed by atoms with Gasteiger partial charge in [-0.15, -0.1) is 0 Å². The van der Waals surface area contributed by atoms with Gasteiger partial charge in [0.1, 0.15) is 11.4 Å². The Balaban J connectivity index is 3.20. The molecule has 1 aromatic rings. The van der Waals surface area contributed by atoms with Gasteiger partial charge in [-0.05, 0) is 18.1 Å². The molecule has 3 heteroatoms. The fourth-order valence-electron chi connectivity index (χ4n) is 1.38. The maximum atomic E-state index is 10.3. The smallest absolute Gasteiger partial charge is 0.240 e. The van der Waals surface area contributed by atoms with E-state index in [1.165, 1.54) is 0 Å². The summed E-state index contributed by atoms with van der Waals surface area (Å²) in [6.07, 6.45) is 3.45. The molecular formula is C11H13NO2. The molecule has 1 aromatic carbocycles. The van der Waals surface area contributed by atoms with E-state index in [-0.39, 0.29) is 0 Å². The lowest BCUT2D eigenvalue weighted by atomic mass is 10.1. The minimum atomic E-state index is 0.604. The van der Waals surface area contributed by atoms with Crippen LogP contribution in [-0.2, 0) is 11.2 Å². The zero-order valence-corrected chi connectivity index (χ0v) is 8.41. The molecule has 0 unspecified atom stereocenters. The first kappa shape index (κ1) is 10.5. The van der Waals surface area contributed by atoms with Crippen LogP contribution in [0.3, 0.4) is 0 Å². The normalized spacial score (nSPS) is 9.29. The van der Waals surface area contributed by atoms with Crippen molar-refractivity contribution in [2.75, 3.05) is 7.11 Å². The number of para-hydroxylation sites is 1. The Bertz CT molecular complexity index is 354. The molecule has 1 rings (SSSR count). The van der Waals surface area contributed by atoms with Crippen molar-refractivity contribution in [3.8, 4) is 5.75 Å². The number of aryl methyl sites for hydroxylation is 1. The van der Waals surface area contributed by atoms with Gasteiger partial charge in [0.25, 0.3) is 0 Å². The van der Waals surface area contributed by atoms with Crippen LogP contribution >= 0.6 is 0 Å². The number of hydrogen-bond donors (Lipinski definition) is 0. The molecule has 0 bridgehead atoms. The van der Waals surface area contributed by atoms with Gasteiger partial charge in [-0.3, -0.25) is 0 Å². The van der Waals surface area contributed by atoms with Crippen LogP contribution in [0.2, 0.25) is 0 Å². The quantitative estimate of drug-likeness (QED) is 0.542. The summed E-state index contributed by atoms with van der Waals surface area (Å²) in [4.78, 5) is 13.9. The Morgan fingerprint density at radius 3 is 2.86 bits per heavy atom. The van der Waals surface area contributed by atoms with Crippen molar-refractivity contribution >= 4 is 11.8 Å². The number of aliphatic imine (C=N–C) groups is 1. The maximum absolute atomic E-state index is 10.3. The van der Waals surface area contributed by atoms with Crippen LogP contribution in [0.4, 0.5) is 5.69 Å². The second-order valence-electron chi connectivity index (χ2n) is 2.92. The first-order valence-electron chi connectivity index (χ1n) is 4.57. The van der Waals surface area contributed by atoms with Gasteiger partial charge in [0.2, 0.25) is 6.08 Å². The summed E-state index contributed by atoms with van der Waals surface area (Å²) in [5.74, 6) is 0.624. The SMILES string of the molecule is CCCc1cccc(OC)c1N=C=O. The highest BCUT2D eigenvalue weighted by Gasteiger charge is 2.06. The molecule has 0 aliphatic heterocycles. The Kier molecular flexibility index (Phi) is 3.89. The first-order valence-corrected chi connectivity index (χ1v) is 4.57. The van der Waals surface area contributed by atoms with Gasteiger partial charge < -0.3 is 4.74 Å². The van der Waals surface area contributed by atoms with E-state index < -0.39 is 0 Å². The minimum Gasteiger partial charge on any atom is -0.494 e. The van der Waals surface area contributed by atoms with Crippen LogP contribution in [0.15, 0.2) is 23.2 Å². The molecule has 0 fully saturated rings. The van der Waals surface area contributed by atoms with E-state index >= 15 is 0 Å². The van der Waals surface area contributed by atoms with Crippen LogP contribution in [0.5, 0.6) is 5.75 Å². The Labute approximate surface area is 83.4 Å². The topological polar surface area (TPSA) is 38.7 Å². The van der Waals surface area contributed by atoms with Crippen LogP contribution < -0.4 is 4.74 Å². The highest BCUT2D eigenvalue weighted by molar-refractivity contribution is 5.62. The van der Waals surface area contributed by atoms with Gasteiger partial charge in [0.05, 0.1) is 7.11 Å². The summed E-state index contributed by atoms with van der Waals surface area (Å²) in [6.45, 7) is 2.08. The lowest BCUT2D eigenvalue weighted by molar-refractivity contribution is 0.415. The molecule has 0 aliphatic carbocycles. The van der Waals surface area contributed by atoms with E-state index in [1.807, 2.05) is 12.1 Å². The highest BCUT2D eigenvalue weighted by Crippen LogP contribution is 2.31. The van der Waals surface area contributed by atoms with Crippen molar-refractivity contribution in [2.45, 2.75) is 19.8 Å². The lowest BCUT2D eigenvalue weighted by Crippen LogP contribution is -1.89. The fraction of sp³-hybridized carbons (Fsp3) is 0.364. The van der Waals surface area contributed by atoms with Crippen molar-refractivity contribution in [1.29, 1.82) is 0 Å². The summed E-state index contributed by atoms with van der Waals surface area (Å²) in [6, 6.07) is 5.63. The Hall–Kier alpha value is -1.60. The van der Waals surface area contributed by atoms with E-state index in [4.69, 9.17) is 4.74 Å². The average Bonchev–Trinajstić information content (AvgIpc) is 2.21. The van der Waals surface area contributed by atoms with Gasteiger partial charge in [0.15, 0.2) is 0 Å². The summed E-state index contributed by atoms with van der Waals surface area (Å²) in [5, 5.41) is 0. The molecule has 0 aromatic heterocycles. The molecule has 0 radical (unpaired) electrons. The average molecular weight is 191 g/mol. The van der Waals surface area contributed by atoms with Gasteiger partial charge in [0, 0.05) is 0 Å². The molecule has 14 heavy (non-hydrogen) atoms. The van der Waals surface area contributed by atoms with Crippen molar-refractivity contribution in [2.24, 2.45) is 4.99 Å². The number of isocyanates is 1. The van der Waals surface area contributed by atoms with Crippen LogP contribution in [0.1, 0.15) is 18.9 Å². The zero-order chi connectivity index (χ0) is 10.4. The van der Waals surface area contributed by atoms with E-state index in [1.54, 1.807) is 19.3 Å². The summed E-state index contributed by atoms with van der Waals surface area (Å²) in [5.41, 5.74) is 1.63. The molecule has 0 N–H and O–H groups in total. The molecule has 0 saturated heterocycles. The van der Waals surface area contributed by atoms with Gasteiger partial charge in [-0.1, -0.05) is 25.5 Å². The molecule has 0 amide bonds. The number of rotatable bonds is 4. The van der Waals surface area contributed by atoms with Crippen molar-refractivity contribution in [1.82, 2.24) is 0 Å². The second-order valence-corrected chi connectivity index (χ2v) is 2.92.